The third-order valence-electron chi connectivity index (χ3n) is 4.32. The molecule has 1 aromatic heterocycles. The van der Waals surface area contributed by atoms with Gasteiger partial charge in [0.1, 0.15) is 11.6 Å². The Morgan fingerprint density at radius 2 is 2.19 bits per heavy atom. The Labute approximate surface area is 126 Å². The number of para-hydroxylation sites is 1. The van der Waals surface area contributed by atoms with Crippen LogP contribution in [0.2, 0.25) is 0 Å². The molecule has 4 nitrogen and oxygen atoms in total. The van der Waals surface area contributed by atoms with Crippen LogP contribution in [-0.2, 0) is 13.6 Å². The fourth-order valence-corrected chi connectivity index (χ4v) is 3.25. The highest BCUT2D eigenvalue weighted by Crippen LogP contribution is 2.28. The highest BCUT2D eigenvalue weighted by Gasteiger charge is 2.24. The van der Waals surface area contributed by atoms with Crippen LogP contribution in [0.3, 0.4) is 0 Å². The average Bonchev–Trinajstić information content (AvgIpc) is 2.94. The van der Waals surface area contributed by atoms with Crippen molar-refractivity contribution in [3.8, 4) is 5.75 Å². The van der Waals surface area contributed by atoms with Crippen LogP contribution in [-0.4, -0.2) is 34.7 Å². The van der Waals surface area contributed by atoms with E-state index in [-0.39, 0.29) is 0 Å². The molecule has 1 aliphatic rings. The van der Waals surface area contributed by atoms with Crippen LogP contribution < -0.4 is 4.74 Å². The van der Waals surface area contributed by atoms with E-state index in [0.29, 0.717) is 5.92 Å². The maximum absolute atomic E-state index is 5.46. The zero-order valence-electron chi connectivity index (χ0n) is 12.8. The number of aryl methyl sites for hydroxylation is 1. The molecule has 1 fully saturated rings. The molecule has 21 heavy (non-hydrogen) atoms. The first-order valence-electron chi connectivity index (χ1n) is 7.59. The second-order valence-corrected chi connectivity index (χ2v) is 5.78. The number of piperidine rings is 1. The van der Waals surface area contributed by atoms with Gasteiger partial charge in [0.05, 0.1) is 7.11 Å². The molecule has 2 heterocycles. The smallest absolute Gasteiger partial charge is 0.123 e. The van der Waals surface area contributed by atoms with Crippen LogP contribution in [0.25, 0.3) is 0 Å². The Balaban J connectivity index is 1.70. The predicted octanol–water partition coefficient (Wildman–Crippen LogP) is 2.81. The minimum absolute atomic E-state index is 0.536. The summed E-state index contributed by atoms with van der Waals surface area (Å²) in [6, 6.07) is 8.30. The number of hydrogen-bond acceptors (Lipinski definition) is 3. The molecule has 0 aliphatic carbocycles. The van der Waals surface area contributed by atoms with Crippen molar-refractivity contribution in [1.29, 1.82) is 0 Å². The van der Waals surface area contributed by atoms with Gasteiger partial charge in [0.25, 0.3) is 0 Å². The number of benzene rings is 1. The molecule has 1 saturated heterocycles. The highest BCUT2D eigenvalue weighted by atomic mass is 16.5. The van der Waals surface area contributed by atoms with Crippen LogP contribution in [0.1, 0.15) is 30.1 Å². The van der Waals surface area contributed by atoms with E-state index in [1.54, 1.807) is 7.11 Å². The van der Waals surface area contributed by atoms with Gasteiger partial charge >= 0.3 is 0 Å². The molecular weight excluding hydrogens is 262 g/mol. The van der Waals surface area contributed by atoms with Crippen molar-refractivity contribution in [2.75, 3.05) is 20.2 Å². The predicted molar refractivity (Wildman–Crippen MR) is 83.5 cm³/mol. The first-order valence-corrected chi connectivity index (χ1v) is 7.59. The number of hydrogen-bond donors (Lipinski definition) is 0. The summed E-state index contributed by atoms with van der Waals surface area (Å²) in [7, 11) is 3.83. The summed E-state index contributed by atoms with van der Waals surface area (Å²) in [6.45, 7) is 3.17. The molecule has 0 unspecified atom stereocenters. The van der Waals surface area contributed by atoms with Crippen LogP contribution in [0.4, 0.5) is 0 Å². The quantitative estimate of drug-likeness (QED) is 0.865. The van der Waals surface area contributed by atoms with E-state index in [9.17, 15) is 0 Å². The fourth-order valence-electron chi connectivity index (χ4n) is 3.25. The van der Waals surface area contributed by atoms with E-state index in [1.165, 1.54) is 24.2 Å². The van der Waals surface area contributed by atoms with E-state index in [2.05, 4.69) is 33.6 Å². The van der Waals surface area contributed by atoms with Gasteiger partial charge in [-0.25, -0.2) is 4.98 Å². The second-order valence-electron chi connectivity index (χ2n) is 5.78. The standard InChI is InChI=1S/C17H23N3O/c1-19-11-9-18-17(19)15-7-5-10-20(13-15)12-14-6-3-4-8-16(14)21-2/h3-4,6,8-9,11,15H,5,7,10,12-13H2,1-2H3/t15-/m0/s1. The summed E-state index contributed by atoms with van der Waals surface area (Å²) in [4.78, 5) is 7.04. The molecule has 2 aromatic rings. The van der Waals surface area contributed by atoms with Gasteiger partial charge in [0.2, 0.25) is 0 Å². The van der Waals surface area contributed by atoms with Gasteiger partial charge < -0.3 is 9.30 Å². The summed E-state index contributed by atoms with van der Waals surface area (Å²) < 4.78 is 7.61. The Morgan fingerprint density at radius 3 is 2.95 bits per heavy atom. The molecule has 112 valence electrons. The van der Waals surface area contributed by atoms with Gasteiger partial charge in [-0.2, -0.15) is 0 Å². The third kappa shape index (κ3) is 3.10. The van der Waals surface area contributed by atoms with Crippen molar-refractivity contribution < 1.29 is 4.74 Å². The maximum atomic E-state index is 5.46. The van der Waals surface area contributed by atoms with Crippen LogP contribution in [0.5, 0.6) is 5.75 Å². The minimum atomic E-state index is 0.536. The lowest BCUT2D eigenvalue weighted by molar-refractivity contribution is 0.193. The van der Waals surface area contributed by atoms with E-state index >= 15 is 0 Å². The van der Waals surface area contributed by atoms with Gasteiger partial charge in [-0.15, -0.1) is 0 Å². The number of imidazole rings is 1. The molecule has 1 atom stereocenters. The first-order chi connectivity index (χ1) is 10.3. The molecule has 0 radical (unpaired) electrons. The Morgan fingerprint density at radius 1 is 1.33 bits per heavy atom. The molecule has 0 spiro atoms. The van der Waals surface area contributed by atoms with E-state index in [1.807, 2.05) is 24.5 Å². The first kappa shape index (κ1) is 14.1. The number of methoxy groups -OCH3 is 1. The van der Waals surface area contributed by atoms with Crippen LogP contribution in [0.15, 0.2) is 36.7 Å². The Bertz CT molecular complexity index is 593. The molecule has 1 aliphatic heterocycles. The number of aromatic nitrogens is 2. The van der Waals surface area contributed by atoms with Crippen LogP contribution >= 0.6 is 0 Å². The summed E-state index contributed by atoms with van der Waals surface area (Å²) in [6.07, 6.45) is 6.39. The van der Waals surface area contributed by atoms with Crippen molar-refractivity contribution in [3.63, 3.8) is 0 Å². The Hall–Kier alpha value is -1.81. The largest absolute Gasteiger partial charge is 0.496 e. The van der Waals surface area contributed by atoms with E-state index < -0.39 is 0 Å². The van der Waals surface area contributed by atoms with Gasteiger partial charge in [0.15, 0.2) is 0 Å². The van der Waals surface area contributed by atoms with Crippen molar-refractivity contribution in [2.45, 2.75) is 25.3 Å². The zero-order valence-corrected chi connectivity index (χ0v) is 12.8. The molecule has 3 rings (SSSR count). The van der Waals surface area contributed by atoms with Gasteiger partial charge in [-0.05, 0) is 25.5 Å². The molecule has 0 amide bonds. The van der Waals surface area contributed by atoms with Gasteiger partial charge in [-0.3, -0.25) is 4.90 Å². The summed E-state index contributed by atoms with van der Waals surface area (Å²) in [5, 5.41) is 0. The second kappa shape index (κ2) is 6.31. The maximum Gasteiger partial charge on any atom is 0.123 e. The minimum Gasteiger partial charge on any atom is -0.496 e. The van der Waals surface area contributed by atoms with Crippen molar-refractivity contribution >= 4 is 0 Å². The third-order valence-corrected chi connectivity index (χ3v) is 4.32. The molecular formula is C17H23N3O. The number of ether oxygens (including phenoxy) is 1. The van der Waals surface area contributed by atoms with Crippen LogP contribution in [0, 0.1) is 0 Å². The normalized spacial score (nSPS) is 19.6. The molecule has 0 saturated carbocycles. The number of likely N-dealkylation sites (tertiary alicyclic amines) is 1. The lowest BCUT2D eigenvalue weighted by Crippen LogP contribution is -2.34. The van der Waals surface area contributed by atoms with Crippen molar-refractivity contribution in [1.82, 2.24) is 14.5 Å². The lowest BCUT2D eigenvalue weighted by atomic mass is 9.96. The SMILES string of the molecule is COc1ccccc1CN1CCC[C@H](c2nccn2C)C1. The lowest BCUT2D eigenvalue weighted by Gasteiger charge is -2.32. The van der Waals surface area contributed by atoms with E-state index in [4.69, 9.17) is 4.74 Å². The molecule has 0 bridgehead atoms. The molecule has 1 aromatic carbocycles. The van der Waals surface area contributed by atoms with Gasteiger partial charge in [0, 0.05) is 44.0 Å². The van der Waals surface area contributed by atoms with Crippen molar-refractivity contribution in [2.24, 2.45) is 7.05 Å². The average molecular weight is 285 g/mol. The number of nitrogens with zero attached hydrogens (tertiary/aromatic N) is 3. The number of rotatable bonds is 4. The monoisotopic (exact) mass is 285 g/mol. The topological polar surface area (TPSA) is 30.3 Å². The zero-order chi connectivity index (χ0) is 14.7. The highest BCUT2D eigenvalue weighted by molar-refractivity contribution is 5.33. The Kier molecular flexibility index (Phi) is 4.25. The molecule has 0 N–H and O–H groups in total. The van der Waals surface area contributed by atoms with Crippen molar-refractivity contribution in [3.05, 3.63) is 48.0 Å². The summed E-state index contributed by atoms with van der Waals surface area (Å²) >= 11 is 0. The fraction of sp³-hybridized carbons (Fsp3) is 0.471. The summed E-state index contributed by atoms with van der Waals surface area (Å²) in [5.41, 5.74) is 1.26. The summed E-state index contributed by atoms with van der Waals surface area (Å²) in [5.74, 6) is 2.73. The molecule has 4 heteroatoms. The van der Waals surface area contributed by atoms with Gasteiger partial charge in [-0.1, -0.05) is 18.2 Å². The van der Waals surface area contributed by atoms with E-state index in [0.717, 1.165) is 25.4 Å².